The Morgan fingerprint density at radius 3 is 0.667 bits per heavy atom. The van der Waals surface area contributed by atoms with E-state index in [9.17, 15) is 0 Å². The van der Waals surface area contributed by atoms with Gasteiger partial charge in [0.1, 0.15) is 0 Å². The molecule has 10 atom stereocenters. The van der Waals surface area contributed by atoms with Gasteiger partial charge in [0.2, 0.25) is 0 Å². The third-order valence-corrected chi connectivity index (χ3v) is 8.90. The number of hydrogen-bond acceptors (Lipinski definition) is 0. The summed E-state index contributed by atoms with van der Waals surface area (Å²) in [5.74, 6) is 9.64. The Morgan fingerprint density at radius 2 is 0.472 bits per heavy atom. The summed E-state index contributed by atoms with van der Waals surface area (Å²) in [4.78, 5) is 0. The van der Waals surface area contributed by atoms with Crippen LogP contribution < -0.4 is 0 Å². The summed E-state index contributed by atoms with van der Waals surface area (Å²) in [6.07, 6.45) is 16.9. The van der Waals surface area contributed by atoms with Crippen LogP contribution in [0.3, 0.4) is 0 Å². The molecule has 0 N–H and O–H groups in total. The minimum atomic E-state index is 0.841. The first-order valence-corrected chi connectivity index (χ1v) is 16.7. The maximum absolute atomic E-state index is 2.53. The molecule has 10 unspecified atom stereocenters. The predicted molar refractivity (Wildman–Crippen MR) is 168 cm³/mol. The van der Waals surface area contributed by atoms with Crippen LogP contribution in [-0.2, 0) is 0 Å². The molecule has 0 aliphatic heterocycles. The van der Waals surface area contributed by atoms with Crippen molar-refractivity contribution in [3.05, 3.63) is 0 Å². The maximum atomic E-state index is 2.53. The molecule has 36 heavy (non-hydrogen) atoms. The van der Waals surface area contributed by atoms with Crippen molar-refractivity contribution in [2.24, 2.45) is 65.1 Å². The van der Waals surface area contributed by atoms with E-state index in [2.05, 4.69) is 90.0 Å². The first-order chi connectivity index (χ1) is 16.7. The fourth-order valence-corrected chi connectivity index (χ4v) is 8.46. The molecule has 0 amide bonds. The first-order valence-electron chi connectivity index (χ1n) is 16.7. The van der Waals surface area contributed by atoms with E-state index < -0.39 is 0 Å². The molecule has 0 rings (SSSR count). The zero-order valence-electron chi connectivity index (χ0n) is 27.8. The summed E-state index contributed by atoms with van der Waals surface area (Å²) in [5, 5.41) is 0. The Hall–Kier alpha value is 0. The lowest BCUT2D eigenvalue weighted by Crippen LogP contribution is -2.15. The lowest BCUT2D eigenvalue weighted by molar-refractivity contribution is 0.248. The van der Waals surface area contributed by atoms with Gasteiger partial charge in [-0.15, -0.1) is 0 Å². The average molecular weight is 507 g/mol. The number of hydrogen-bond donors (Lipinski definition) is 0. The van der Waals surface area contributed by atoms with E-state index in [0.29, 0.717) is 0 Å². The highest BCUT2D eigenvalue weighted by atomic mass is 14.3. The van der Waals surface area contributed by atoms with Gasteiger partial charge in [0.15, 0.2) is 0 Å². The van der Waals surface area contributed by atoms with Gasteiger partial charge in [-0.3, -0.25) is 0 Å². The van der Waals surface area contributed by atoms with E-state index in [0.717, 1.165) is 65.1 Å². The molecule has 0 saturated carbocycles. The summed E-state index contributed by atoms with van der Waals surface area (Å²) in [7, 11) is 0. The van der Waals surface area contributed by atoms with Crippen molar-refractivity contribution in [1.29, 1.82) is 0 Å². The quantitative estimate of drug-likeness (QED) is 0.137. The minimum Gasteiger partial charge on any atom is -0.0654 e. The maximum Gasteiger partial charge on any atom is -0.0438 e. The van der Waals surface area contributed by atoms with Crippen LogP contribution in [-0.4, -0.2) is 0 Å². The van der Waals surface area contributed by atoms with E-state index in [4.69, 9.17) is 0 Å². The van der Waals surface area contributed by atoms with Crippen molar-refractivity contribution >= 4 is 0 Å². The van der Waals surface area contributed by atoms with Gasteiger partial charge in [0.05, 0.1) is 0 Å². The smallest absolute Gasteiger partial charge is 0.0438 e. The predicted octanol–water partition coefficient (Wildman–Crippen LogP) is 12.7. The van der Waals surface area contributed by atoms with Gasteiger partial charge in [-0.1, -0.05) is 103 Å². The minimum absolute atomic E-state index is 0.841. The Bertz CT molecular complexity index is 492. The second-order valence-corrected chi connectivity index (χ2v) is 15.6. The molecule has 0 radical (unpaired) electrons. The molecule has 0 heterocycles. The highest BCUT2D eigenvalue weighted by molar-refractivity contribution is 4.72. The summed E-state index contributed by atoms with van der Waals surface area (Å²) >= 11 is 0. The fraction of sp³-hybridized carbons (Fsp3) is 1.00. The van der Waals surface area contributed by atoms with Crippen LogP contribution in [0.2, 0.25) is 0 Å². The van der Waals surface area contributed by atoms with E-state index in [-0.39, 0.29) is 0 Å². The molecule has 0 saturated heterocycles. The third-order valence-electron chi connectivity index (χ3n) is 8.90. The van der Waals surface area contributed by atoms with Gasteiger partial charge < -0.3 is 0 Å². The van der Waals surface area contributed by atoms with Gasteiger partial charge in [0, 0.05) is 0 Å². The second-order valence-electron chi connectivity index (χ2n) is 15.6. The molecule has 0 nitrogen and oxygen atoms in total. The van der Waals surface area contributed by atoms with Crippen LogP contribution in [0.1, 0.15) is 167 Å². The molecule has 0 aliphatic rings. The van der Waals surface area contributed by atoms with Crippen LogP contribution >= 0.6 is 0 Å². The van der Waals surface area contributed by atoms with Crippen molar-refractivity contribution in [3.63, 3.8) is 0 Å². The van der Waals surface area contributed by atoms with Crippen LogP contribution in [0.4, 0.5) is 0 Å². The van der Waals surface area contributed by atoms with Crippen LogP contribution in [0.5, 0.6) is 0 Å². The zero-order chi connectivity index (χ0) is 27.8. The molecule has 0 bridgehead atoms. The SMILES string of the molecule is CCCC(C)CC(C)CC(C)CC(C)CC(C)CC(C)CC(C)CC(C)CC(C)CC(C)CC(C)C. The van der Waals surface area contributed by atoms with Crippen molar-refractivity contribution < 1.29 is 0 Å². The molecule has 0 aromatic rings. The van der Waals surface area contributed by atoms with Crippen LogP contribution in [0, 0.1) is 65.1 Å². The van der Waals surface area contributed by atoms with Crippen molar-refractivity contribution in [2.45, 2.75) is 167 Å². The second kappa shape index (κ2) is 20.0. The Labute approximate surface area is 232 Å². The molecule has 0 heteroatoms. The van der Waals surface area contributed by atoms with Gasteiger partial charge in [-0.25, -0.2) is 0 Å². The average Bonchev–Trinajstić information content (AvgIpc) is 2.65. The monoisotopic (exact) mass is 507 g/mol. The van der Waals surface area contributed by atoms with E-state index in [1.165, 1.54) is 77.0 Å². The summed E-state index contributed by atoms with van der Waals surface area (Å²) in [6, 6.07) is 0. The largest absolute Gasteiger partial charge is 0.0654 e. The lowest BCUT2D eigenvalue weighted by Gasteiger charge is -2.27. The molecule has 0 spiro atoms. The zero-order valence-corrected chi connectivity index (χ0v) is 27.8. The topological polar surface area (TPSA) is 0 Å². The van der Waals surface area contributed by atoms with Gasteiger partial charge >= 0.3 is 0 Å². The van der Waals surface area contributed by atoms with Crippen LogP contribution in [0.25, 0.3) is 0 Å². The molecule has 0 aromatic heterocycles. The van der Waals surface area contributed by atoms with Gasteiger partial charge in [-0.2, -0.15) is 0 Å². The summed E-state index contributed by atoms with van der Waals surface area (Å²) in [5.41, 5.74) is 0. The van der Waals surface area contributed by atoms with Crippen molar-refractivity contribution in [1.82, 2.24) is 0 Å². The van der Waals surface area contributed by atoms with Gasteiger partial charge in [-0.05, 0) is 129 Å². The standard InChI is InChI=1S/C36H74/c1-14-15-27(4)17-29(6)19-31(8)21-33(10)23-35(12)25-36(13)24-34(11)22-32(9)20-30(7)18-28(5)16-26(2)3/h26-36H,14-25H2,1-13H3. The molecular weight excluding hydrogens is 432 g/mol. The van der Waals surface area contributed by atoms with Crippen molar-refractivity contribution in [2.75, 3.05) is 0 Å². The van der Waals surface area contributed by atoms with Crippen molar-refractivity contribution in [3.8, 4) is 0 Å². The Morgan fingerprint density at radius 1 is 0.278 bits per heavy atom. The molecule has 0 aliphatic carbocycles. The molecule has 0 aromatic carbocycles. The lowest BCUT2D eigenvalue weighted by atomic mass is 9.79. The first kappa shape index (κ1) is 36.0. The highest BCUT2D eigenvalue weighted by Crippen LogP contribution is 2.32. The Balaban J connectivity index is 4.23. The van der Waals surface area contributed by atoms with Crippen LogP contribution in [0.15, 0.2) is 0 Å². The van der Waals surface area contributed by atoms with E-state index in [1.54, 1.807) is 0 Å². The summed E-state index contributed by atoms with van der Waals surface area (Å²) < 4.78 is 0. The fourth-order valence-electron chi connectivity index (χ4n) is 8.46. The molecular formula is C36H74. The molecule has 0 fully saturated rings. The van der Waals surface area contributed by atoms with E-state index >= 15 is 0 Å². The third kappa shape index (κ3) is 20.0. The van der Waals surface area contributed by atoms with E-state index in [1.807, 2.05) is 0 Å². The number of rotatable bonds is 22. The normalized spacial score (nSPS) is 20.8. The highest BCUT2D eigenvalue weighted by Gasteiger charge is 2.20. The van der Waals surface area contributed by atoms with Gasteiger partial charge in [0.25, 0.3) is 0 Å². The molecule has 218 valence electrons. The summed E-state index contributed by atoms with van der Waals surface area (Å²) in [6.45, 7) is 32.1. The Kier molecular flexibility index (Phi) is 20.0.